The first kappa shape index (κ1) is 22.6. The molecule has 1 amide bonds. The lowest BCUT2D eigenvalue weighted by Gasteiger charge is -2.12. The number of carbonyl (C=O) groups is 1. The molecule has 2 aromatic carbocycles. The molecule has 1 atom stereocenters. The Hall–Kier alpha value is -3.23. The minimum absolute atomic E-state index is 0.0968. The molecule has 3 heterocycles. The van der Waals surface area contributed by atoms with Crippen molar-refractivity contribution in [1.29, 1.82) is 0 Å². The fourth-order valence-corrected chi connectivity index (χ4v) is 5.03. The van der Waals surface area contributed by atoms with Crippen LogP contribution in [0.2, 0.25) is 0 Å². The van der Waals surface area contributed by atoms with Crippen molar-refractivity contribution in [2.24, 2.45) is 0 Å². The van der Waals surface area contributed by atoms with Crippen molar-refractivity contribution in [2.75, 3.05) is 13.2 Å². The van der Waals surface area contributed by atoms with E-state index in [1.807, 2.05) is 36.4 Å². The number of nitrogens with one attached hydrogen (secondary N) is 1. The Morgan fingerprint density at radius 2 is 2.03 bits per heavy atom. The van der Waals surface area contributed by atoms with Crippen LogP contribution in [0.25, 0.3) is 11.0 Å². The highest BCUT2D eigenvalue weighted by Gasteiger charge is 2.17. The molecule has 0 aliphatic carbocycles. The van der Waals surface area contributed by atoms with Crippen LogP contribution in [0.15, 0.2) is 72.1 Å². The Morgan fingerprint density at radius 3 is 2.82 bits per heavy atom. The minimum atomic E-state index is -0.215. The van der Waals surface area contributed by atoms with E-state index in [0.717, 1.165) is 41.2 Å². The molecule has 5 rings (SSSR count). The van der Waals surface area contributed by atoms with Gasteiger partial charge in [-0.25, -0.2) is 9.37 Å². The quantitative estimate of drug-likeness (QED) is 0.369. The lowest BCUT2D eigenvalue weighted by atomic mass is 10.1. The fraction of sp³-hybridized carbons (Fsp3) is 0.269. The molecular formula is C26H25FN4O2S. The Balaban J connectivity index is 1.31. The Labute approximate surface area is 201 Å². The topological polar surface area (TPSA) is 69.0 Å². The standard InChI is InChI=1S/C26H25FN4O2S/c27-22-6-2-1-4-20(22)17-34-26-30-23-11-12-28-15-24(23)31(26)16-18-7-9-19(10-8-18)25(32)29-14-21-5-3-13-33-21/h1-2,4,6-12,15,21H,3,5,13-14,16-17H2,(H,29,32)/t21-/m1/s1. The maximum absolute atomic E-state index is 14.1. The second-order valence-electron chi connectivity index (χ2n) is 8.27. The van der Waals surface area contributed by atoms with E-state index in [4.69, 9.17) is 9.72 Å². The summed E-state index contributed by atoms with van der Waals surface area (Å²) in [7, 11) is 0. The highest BCUT2D eigenvalue weighted by atomic mass is 32.2. The normalized spacial score (nSPS) is 15.6. The Kier molecular flexibility index (Phi) is 6.87. The van der Waals surface area contributed by atoms with Crippen molar-refractivity contribution < 1.29 is 13.9 Å². The first-order chi connectivity index (χ1) is 16.7. The number of hydrogen-bond acceptors (Lipinski definition) is 5. The summed E-state index contributed by atoms with van der Waals surface area (Å²) in [6, 6.07) is 16.2. The van der Waals surface area contributed by atoms with Gasteiger partial charge >= 0.3 is 0 Å². The van der Waals surface area contributed by atoms with Crippen molar-refractivity contribution in [3.63, 3.8) is 0 Å². The SMILES string of the molecule is O=C(NC[C@H]1CCCO1)c1ccc(Cn2c(SCc3ccccc3F)nc3ccncc32)cc1. The molecule has 0 spiro atoms. The highest BCUT2D eigenvalue weighted by molar-refractivity contribution is 7.98. The van der Waals surface area contributed by atoms with Crippen molar-refractivity contribution in [3.05, 3.63) is 89.5 Å². The molecule has 1 saturated heterocycles. The molecule has 1 aliphatic heterocycles. The molecule has 0 saturated carbocycles. The van der Waals surface area contributed by atoms with Crippen LogP contribution in [-0.4, -0.2) is 39.7 Å². The Bertz CT molecular complexity index is 1290. The maximum atomic E-state index is 14.1. The maximum Gasteiger partial charge on any atom is 0.251 e. The number of nitrogens with zero attached hydrogens (tertiary/aromatic N) is 3. The summed E-state index contributed by atoms with van der Waals surface area (Å²) in [4.78, 5) is 21.5. The third kappa shape index (κ3) is 5.13. The van der Waals surface area contributed by atoms with Gasteiger partial charge in [-0.05, 0) is 48.2 Å². The van der Waals surface area contributed by atoms with E-state index in [9.17, 15) is 9.18 Å². The number of amides is 1. The molecule has 174 valence electrons. The monoisotopic (exact) mass is 476 g/mol. The largest absolute Gasteiger partial charge is 0.376 e. The van der Waals surface area contributed by atoms with Crippen LogP contribution in [-0.2, 0) is 17.0 Å². The van der Waals surface area contributed by atoms with E-state index in [1.54, 1.807) is 24.5 Å². The summed E-state index contributed by atoms with van der Waals surface area (Å²) in [5.74, 6) is 0.168. The van der Waals surface area contributed by atoms with E-state index < -0.39 is 0 Å². The summed E-state index contributed by atoms with van der Waals surface area (Å²) in [5, 5.41) is 3.75. The number of benzene rings is 2. The lowest BCUT2D eigenvalue weighted by molar-refractivity contribution is 0.0858. The molecule has 0 bridgehead atoms. The molecule has 1 fully saturated rings. The predicted molar refractivity (Wildman–Crippen MR) is 130 cm³/mol. The number of aromatic nitrogens is 3. The number of fused-ring (bicyclic) bond motifs is 1. The molecule has 0 radical (unpaired) electrons. The summed E-state index contributed by atoms with van der Waals surface area (Å²) in [5.41, 5.74) is 4.05. The van der Waals surface area contributed by atoms with E-state index in [-0.39, 0.29) is 17.8 Å². The van der Waals surface area contributed by atoms with Gasteiger partial charge in [0.1, 0.15) is 5.82 Å². The van der Waals surface area contributed by atoms with Gasteiger partial charge in [-0.15, -0.1) is 0 Å². The van der Waals surface area contributed by atoms with Crippen LogP contribution in [0.4, 0.5) is 4.39 Å². The number of ether oxygens (including phenoxy) is 1. The van der Waals surface area contributed by atoms with Crippen LogP contribution in [0.3, 0.4) is 0 Å². The number of rotatable bonds is 8. The first-order valence-electron chi connectivity index (χ1n) is 11.3. The third-order valence-corrected chi connectivity index (χ3v) is 6.93. The van der Waals surface area contributed by atoms with Crippen LogP contribution in [0.1, 0.15) is 34.3 Å². The summed E-state index contributed by atoms with van der Waals surface area (Å²) in [6.45, 7) is 1.88. The van der Waals surface area contributed by atoms with Gasteiger partial charge in [-0.2, -0.15) is 0 Å². The van der Waals surface area contributed by atoms with Crippen LogP contribution < -0.4 is 5.32 Å². The van der Waals surface area contributed by atoms with E-state index >= 15 is 0 Å². The van der Waals surface area contributed by atoms with Crippen LogP contribution in [0, 0.1) is 5.82 Å². The van der Waals surface area contributed by atoms with Crippen molar-refractivity contribution >= 4 is 28.7 Å². The number of halogens is 1. The number of carbonyl (C=O) groups excluding carboxylic acids is 1. The number of hydrogen-bond donors (Lipinski definition) is 1. The molecule has 4 aromatic rings. The van der Waals surface area contributed by atoms with E-state index in [0.29, 0.717) is 30.0 Å². The van der Waals surface area contributed by atoms with Gasteiger partial charge in [0.15, 0.2) is 5.16 Å². The van der Waals surface area contributed by atoms with E-state index in [1.165, 1.54) is 17.8 Å². The molecular weight excluding hydrogens is 451 g/mol. The zero-order chi connectivity index (χ0) is 23.3. The second kappa shape index (κ2) is 10.4. The van der Waals surface area contributed by atoms with Crippen molar-refractivity contribution in [3.8, 4) is 0 Å². The minimum Gasteiger partial charge on any atom is -0.376 e. The number of imidazole rings is 1. The molecule has 0 unspecified atom stereocenters. The van der Waals surface area contributed by atoms with Crippen LogP contribution >= 0.6 is 11.8 Å². The van der Waals surface area contributed by atoms with Gasteiger partial charge in [0, 0.05) is 30.7 Å². The van der Waals surface area contributed by atoms with Gasteiger partial charge in [0.2, 0.25) is 0 Å². The van der Waals surface area contributed by atoms with Gasteiger partial charge < -0.3 is 14.6 Å². The average Bonchev–Trinajstić information content (AvgIpc) is 3.51. The van der Waals surface area contributed by atoms with Gasteiger partial charge in [0.05, 0.1) is 29.9 Å². The molecule has 2 aromatic heterocycles. The molecule has 1 aliphatic rings. The molecule has 1 N–H and O–H groups in total. The first-order valence-corrected chi connectivity index (χ1v) is 12.3. The predicted octanol–water partition coefficient (Wildman–Crippen LogP) is 4.82. The lowest BCUT2D eigenvalue weighted by Crippen LogP contribution is -2.31. The van der Waals surface area contributed by atoms with Gasteiger partial charge in [-0.1, -0.05) is 42.1 Å². The van der Waals surface area contributed by atoms with Gasteiger partial charge in [-0.3, -0.25) is 9.78 Å². The average molecular weight is 477 g/mol. The van der Waals surface area contributed by atoms with Crippen LogP contribution in [0.5, 0.6) is 0 Å². The van der Waals surface area contributed by atoms with Gasteiger partial charge in [0.25, 0.3) is 5.91 Å². The number of thioether (sulfide) groups is 1. The smallest absolute Gasteiger partial charge is 0.251 e. The van der Waals surface area contributed by atoms with E-state index in [2.05, 4.69) is 14.9 Å². The zero-order valence-electron chi connectivity index (χ0n) is 18.6. The highest BCUT2D eigenvalue weighted by Crippen LogP contribution is 2.28. The summed E-state index contributed by atoms with van der Waals surface area (Å²) < 4.78 is 21.8. The fourth-order valence-electron chi connectivity index (χ4n) is 4.03. The Morgan fingerprint density at radius 1 is 1.18 bits per heavy atom. The van der Waals surface area contributed by atoms with Crippen molar-refractivity contribution in [1.82, 2.24) is 19.9 Å². The van der Waals surface area contributed by atoms with Crippen molar-refractivity contribution in [2.45, 2.75) is 36.4 Å². The molecule has 34 heavy (non-hydrogen) atoms. The summed E-state index contributed by atoms with van der Waals surface area (Å²) in [6.07, 6.45) is 5.67. The number of pyridine rings is 1. The summed E-state index contributed by atoms with van der Waals surface area (Å²) >= 11 is 1.49. The zero-order valence-corrected chi connectivity index (χ0v) is 19.4. The second-order valence-corrected chi connectivity index (χ2v) is 9.21. The third-order valence-electron chi connectivity index (χ3n) is 5.90. The molecule has 6 nitrogen and oxygen atoms in total. The molecule has 8 heteroatoms.